The molecule has 0 unspecified atom stereocenters. The molecule has 0 spiro atoms. The number of morpholine rings is 1. The van der Waals surface area contributed by atoms with E-state index in [9.17, 15) is 9.18 Å². The van der Waals surface area contributed by atoms with Crippen molar-refractivity contribution in [2.75, 3.05) is 36.5 Å². The minimum atomic E-state index is -1.05. The van der Waals surface area contributed by atoms with Crippen LogP contribution in [0.15, 0.2) is 36.8 Å². The number of alkyl halides is 1. The molecular formula is C24H22FN5O2. The number of aromatic nitrogens is 3. The lowest BCUT2D eigenvalue weighted by atomic mass is 10.1. The van der Waals surface area contributed by atoms with Crippen LogP contribution >= 0.6 is 0 Å². The van der Waals surface area contributed by atoms with Crippen LogP contribution in [-0.4, -0.2) is 53.3 Å². The smallest absolute Gasteiger partial charge is 0.231 e. The fraction of sp³-hybridized carbons (Fsp3) is 0.333. The molecule has 1 saturated heterocycles. The number of nitrogens with zero attached hydrogens (tertiary/aromatic N) is 4. The van der Waals surface area contributed by atoms with E-state index in [1.807, 2.05) is 25.3 Å². The minimum absolute atomic E-state index is 0.274. The highest BCUT2D eigenvalue weighted by Gasteiger charge is 2.43. The maximum absolute atomic E-state index is 13.2. The number of nitrogens with one attached hydrogen (secondary N) is 1. The zero-order valence-corrected chi connectivity index (χ0v) is 17.6. The van der Waals surface area contributed by atoms with Crippen LogP contribution in [0.5, 0.6) is 0 Å². The number of halogens is 1. The molecule has 1 saturated carbocycles. The number of pyridine rings is 3. The summed E-state index contributed by atoms with van der Waals surface area (Å²) in [4.78, 5) is 27.5. The van der Waals surface area contributed by atoms with E-state index >= 15 is 0 Å². The number of fused-ring (bicyclic) bond motifs is 1. The Morgan fingerprint density at radius 3 is 2.66 bits per heavy atom. The van der Waals surface area contributed by atoms with E-state index in [-0.39, 0.29) is 12.3 Å². The third-order valence-electron chi connectivity index (χ3n) is 5.72. The standard InChI is InChI=1S/C24H22FN5O2/c1-15-21-14-28-23(29-24(31)20-10-22(20)25)11-19(21)16(12-26-15)2-3-17-4-5-18(13-27-17)30-6-8-32-9-7-30/h4-5,11-14,20,22H,6-10H2,1H3,(H,28,29,31)/t20-,22-/m0/s1. The van der Waals surface area contributed by atoms with Crippen molar-refractivity contribution in [3.05, 3.63) is 53.7 Å². The number of rotatable bonds is 3. The zero-order chi connectivity index (χ0) is 22.1. The van der Waals surface area contributed by atoms with Crippen molar-refractivity contribution >= 4 is 28.2 Å². The van der Waals surface area contributed by atoms with Crippen LogP contribution in [0.25, 0.3) is 10.8 Å². The van der Waals surface area contributed by atoms with Crippen LogP contribution in [0.1, 0.15) is 23.4 Å². The Balaban J connectivity index is 1.40. The Labute approximate surface area is 185 Å². The van der Waals surface area contributed by atoms with Crippen molar-refractivity contribution in [2.45, 2.75) is 19.5 Å². The first kappa shape index (κ1) is 20.3. The van der Waals surface area contributed by atoms with E-state index in [2.05, 4.69) is 37.0 Å². The molecule has 3 aromatic heterocycles. The summed E-state index contributed by atoms with van der Waals surface area (Å²) in [5.74, 6) is 5.70. The second kappa shape index (κ2) is 8.52. The van der Waals surface area contributed by atoms with Gasteiger partial charge in [-0.3, -0.25) is 9.78 Å². The fourth-order valence-corrected chi connectivity index (χ4v) is 3.69. The topological polar surface area (TPSA) is 80.2 Å². The predicted octanol–water partition coefficient (Wildman–Crippen LogP) is 2.87. The first-order chi connectivity index (χ1) is 15.6. The number of anilines is 2. The van der Waals surface area contributed by atoms with Crippen molar-refractivity contribution in [3.8, 4) is 11.8 Å². The van der Waals surface area contributed by atoms with Crippen molar-refractivity contribution in [1.29, 1.82) is 0 Å². The fourth-order valence-electron chi connectivity index (χ4n) is 3.69. The average Bonchev–Trinajstić information content (AvgIpc) is 3.56. The molecule has 1 amide bonds. The Hall–Kier alpha value is -3.57. The molecule has 3 aromatic rings. The first-order valence-electron chi connectivity index (χ1n) is 10.6. The van der Waals surface area contributed by atoms with E-state index in [0.29, 0.717) is 17.1 Å². The van der Waals surface area contributed by atoms with Crippen LogP contribution in [0, 0.1) is 24.7 Å². The van der Waals surface area contributed by atoms with Gasteiger partial charge in [0, 0.05) is 41.9 Å². The maximum Gasteiger partial charge on any atom is 0.231 e. The molecule has 8 heteroatoms. The van der Waals surface area contributed by atoms with Crippen molar-refractivity contribution in [1.82, 2.24) is 15.0 Å². The number of aryl methyl sites for hydroxylation is 1. The molecule has 1 aliphatic heterocycles. The summed E-state index contributed by atoms with van der Waals surface area (Å²) in [6, 6.07) is 5.68. The normalized spacial score (nSPS) is 19.9. The third kappa shape index (κ3) is 4.25. The quantitative estimate of drug-likeness (QED) is 0.643. The molecule has 0 radical (unpaired) electrons. The summed E-state index contributed by atoms with van der Waals surface area (Å²) in [6.07, 6.45) is 4.42. The number of amides is 1. The van der Waals surface area contributed by atoms with E-state index < -0.39 is 12.1 Å². The van der Waals surface area contributed by atoms with Crippen LogP contribution in [0.4, 0.5) is 15.9 Å². The monoisotopic (exact) mass is 431 g/mol. The number of ether oxygens (including phenoxy) is 1. The molecule has 2 fully saturated rings. The first-order valence-corrected chi connectivity index (χ1v) is 10.6. The van der Waals surface area contributed by atoms with E-state index in [1.165, 1.54) is 0 Å². The number of carbonyl (C=O) groups excluding carboxylic acids is 1. The zero-order valence-electron chi connectivity index (χ0n) is 17.6. The molecule has 5 rings (SSSR count). The largest absolute Gasteiger partial charge is 0.378 e. The third-order valence-corrected chi connectivity index (χ3v) is 5.72. The van der Waals surface area contributed by atoms with Crippen LogP contribution in [0.3, 0.4) is 0 Å². The second-order valence-corrected chi connectivity index (χ2v) is 7.97. The highest BCUT2D eigenvalue weighted by molar-refractivity contribution is 5.97. The molecule has 1 N–H and O–H groups in total. The van der Waals surface area contributed by atoms with E-state index in [1.54, 1.807) is 18.5 Å². The number of hydrogen-bond acceptors (Lipinski definition) is 6. The summed E-state index contributed by atoms with van der Waals surface area (Å²) in [5, 5.41) is 4.37. The summed E-state index contributed by atoms with van der Waals surface area (Å²) in [6.45, 7) is 5.05. The molecular weight excluding hydrogens is 409 g/mol. The van der Waals surface area contributed by atoms with Gasteiger partial charge in [-0.05, 0) is 37.5 Å². The second-order valence-electron chi connectivity index (χ2n) is 7.97. The van der Waals surface area contributed by atoms with Crippen molar-refractivity contribution in [2.24, 2.45) is 5.92 Å². The molecule has 4 heterocycles. The summed E-state index contributed by atoms with van der Waals surface area (Å²) in [5.41, 5.74) is 3.23. The molecule has 0 aromatic carbocycles. The molecule has 32 heavy (non-hydrogen) atoms. The number of carbonyl (C=O) groups is 1. The maximum atomic E-state index is 13.2. The van der Waals surface area contributed by atoms with E-state index in [0.717, 1.165) is 48.5 Å². The Bertz CT molecular complexity index is 1230. The molecule has 1 aliphatic carbocycles. The van der Waals surface area contributed by atoms with Crippen LogP contribution in [-0.2, 0) is 9.53 Å². The Morgan fingerprint density at radius 1 is 1.12 bits per heavy atom. The van der Waals surface area contributed by atoms with Crippen molar-refractivity contribution < 1.29 is 13.9 Å². The highest BCUT2D eigenvalue weighted by atomic mass is 19.1. The lowest BCUT2D eigenvalue weighted by molar-refractivity contribution is -0.117. The van der Waals surface area contributed by atoms with Gasteiger partial charge in [-0.25, -0.2) is 14.4 Å². The molecule has 7 nitrogen and oxygen atoms in total. The van der Waals surface area contributed by atoms with Gasteiger partial charge in [-0.1, -0.05) is 5.92 Å². The SMILES string of the molecule is Cc1ncc(C#Cc2ccc(N3CCOCC3)cn2)c2cc(NC(=O)[C@H]3C[C@@H]3F)ncc12. The molecule has 0 bridgehead atoms. The molecule has 2 atom stereocenters. The predicted molar refractivity (Wildman–Crippen MR) is 119 cm³/mol. The number of hydrogen-bond donors (Lipinski definition) is 1. The Morgan fingerprint density at radius 2 is 1.94 bits per heavy atom. The van der Waals surface area contributed by atoms with Crippen molar-refractivity contribution in [3.63, 3.8) is 0 Å². The summed E-state index contributed by atoms with van der Waals surface area (Å²) >= 11 is 0. The van der Waals surface area contributed by atoms with Gasteiger partial charge in [-0.2, -0.15) is 0 Å². The minimum Gasteiger partial charge on any atom is -0.378 e. The van der Waals surface area contributed by atoms with Crippen LogP contribution < -0.4 is 10.2 Å². The lowest BCUT2D eigenvalue weighted by Crippen LogP contribution is -2.36. The van der Waals surface area contributed by atoms with Gasteiger partial charge in [-0.15, -0.1) is 0 Å². The van der Waals surface area contributed by atoms with Gasteiger partial charge in [0.05, 0.1) is 36.6 Å². The molecule has 162 valence electrons. The van der Waals surface area contributed by atoms with Gasteiger partial charge in [0.15, 0.2) is 0 Å². The van der Waals surface area contributed by atoms with Crippen LogP contribution in [0.2, 0.25) is 0 Å². The summed E-state index contributed by atoms with van der Waals surface area (Å²) < 4.78 is 18.6. The highest BCUT2D eigenvalue weighted by Crippen LogP contribution is 2.34. The lowest BCUT2D eigenvalue weighted by Gasteiger charge is -2.28. The van der Waals surface area contributed by atoms with E-state index in [4.69, 9.17) is 4.74 Å². The Kier molecular flexibility index (Phi) is 5.41. The summed E-state index contributed by atoms with van der Waals surface area (Å²) in [7, 11) is 0. The van der Waals surface area contributed by atoms with Gasteiger partial charge in [0.1, 0.15) is 17.7 Å². The molecule has 2 aliphatic rings. The van der Waals surface area contributed by atoms with Gasteiger partial charge in [0.25, 0.3) is 0 Å². The van der Waals surface area contributed by atoms with Gasteiger partial charge >= 0.3 is 0 Å². The average molecular weight is 431 g/mol. The van der Waals surface area contributed by atoms with Gasteiger partial charge in [0.2, 0.25) is 5.91 Å². The van der Waals surface area contributed by atoms with Gasteiger partial charge < -0.3 is 15.0 Å².